The van der Waals surface area contributed by atoms with E-state index in [0.29, 0.717) is 5.88 Å². The number of benzene rings is 1. The number of nitrogens with two attached hydrogens (primary N) is 1. The summed E-state index contributed by atoms with van der Waals surface area (Å²) < 4.78 is 6.51. The number of rotatable bonds is 2. The van der Waals surface area contributed by atoms with E-state index in [4.69, 9.17) is 10.5 Å². The van der Waals surface area contributed by atoms with Crippen molar-refractivity contribution in [1.29, 1.82) is 0 Å². The van der Waals surface area contributed by atoms with E-state index in [0.717, 1.165) is 21.5 Å². The van der Waals surface area contributed by atoms with Crippen molar-refractivity contribution in [2.24, 2.45) is 0 Å². The molecule has 1 aromatic carbocycles. The third-order valence-corrected chi connectivity index (χ3v) is 2.73. The van der Waals surface area contributed by atoms with Gasteiger partial charge in [-0.05, 0) is 58.7 Å². The quantitative estimate of drug-likeness (QED) is 0.855. The molecule has 0 aliphatic heterocycles. The Morgan fingerprint density at radius 2 is 2.12 bits per heavy atom. The Balaban J connectivity index is 2.31. The molecule has 0 unspecified atom stereocenters. The first-order chi connectivity index (χ1) is 7.66. The van der Waals surface area contributed by atoms with Gasteiger partial charge in [-0.25, -0.2) is 4.98 Å². The minimum Gasteiger partial charge on any atom is -0.438 e. The standard InChI is InChI=1S/C12H11BrN2O/c1-8-7-9(14)4-5-11(8)16-12-10(13)3-2-6-15-12/h2-7H,14H2,1H3. The topological polar surface area (TPSA) is 48.1 Å². The number of nitrogens with zero attached hydrogens (tertiary/aromatic N) is 1. The predicted octanol–water partition coefficient (Wildman–Crippen LogP) is 3.53. The first-order valence-corrected chi connectivity index (χ1v) is 5.60. The Labute approximate surface area is 102 Å². The van der Waals surface area contributed by atoms with E-state index in [-0.39, 0.29) is 0 Å². The van der Waals surface area contributed by atoms with E-state index >= 15 is 0 Å². The molecule has 0 spiro atoms. The van der Waals surface area contributed by atoms with E-state index in [1.54, 1.807) is 12.3 Å². The number of aromatic nitrogens is 1. The monoisotopic (exact) mass is 278 g/mol. The van der Waals surface area contributed by atoms with Crippen LogP contribution < -0.4 is 10.5 Å². The van der Waals surface area contributed by atoms with Crippen LogP contribution in [0, 0.1) is 6.92 Å². The van der Waals surface area contributed by atoms with Crippen molar-refractivity contribution in [2.45, 2.75) is 6.92 Å². The lowest BCUT2D eigenvalue weighted by atomic mass is 10.2. The van der Waals surface area contributed by atoms with Gasteiger partial charge in [-0.1, -0.05) is 0 Å². The van der Waals surface area contributed by atoms with Crippen LogP contribution in [0.1, 0.15) is 5.56 Å². The Hall–Kier alpha value is -1.55. The summed E-state index contributed by atoms with van der Waals surface area (Å²) >= 11 is 3.38. The fraction of sp³-hybridized carbons (Fsp3) is 0.0833. The summed E-state index contributed by atoms with van der Waals surface area (Å²) in [5.41, 5.74) is 7.38. The minimum absolute atomic E-state index is 0.551. The lowest BCUT2D eigenvalue weighted by Gasteiger charge is -2.09. The highest BCUT2D eigenvalue weighted by atomic mass is 79.9. The summed E-state index contributed by atoms with van der Waals surface area (Å²) in [6, 6.07) is 9.24. The Bertz CT molecular complexity index is 514. The van der Waals surface area contributed by atoms with Crippen LogP contribution in [-0.4, -0.2) is 4.98 Å². The molecule has 0 bridgehead atoms. The zero-order valence-electron chi connectivity index (χ0n) is 8.77. The Morgan fingerprint density at radius 1 is 1.31 bits per heavy atom. The van der Waals surface area contributed by atoms with E-state index < -0.39 is 0 Å². The number of anilines is 1. The zero-order chi connectivity index (χ0) is 11.5. The lowest BCUT2D eigenvalue weighted by Crippen LogP contribution is -1.92. The Kier molecular flexibility index (Phi) is 3.10. The van der Waals surface area contributed by atoms with Crippen molar-refractivity contribution in [3.05, 3.63) is 46.6 Å². The molecule has 0 atom stereocenters. The van der Waals surface area contributed by atoms with Crippen molar-refractivity contribution in [3.63, 3.8) is 0 Å². The summed E-state index contributed by atoms with van der Waals surface area (Å²) in [6.45, 7) is 1.95. The van der Waals surface area contributed by atoms with Gasteiger partial charge in [0, 0.05) is 11.9 Å². The van der Waals surface area contributed by atoms with Gasteiger partial charge in [-0.3, -0.25) is 0 Å². The second kappa shape index (κ2) is 4.53. The maximum absolute atomic E-state index is 5.68. The molecule has 82 valence electrons. The molecule has 2 rings (SSSR count). The van der Waals surface area contributed by atoms with Gasteiger partial charge in [0.1, 0.15) is 5.75 Å². The molecule has 16 heavy (non-hydrogen) atoms. The summed E-state index contributed by atoms with van der Waals surface area (Å²) in [5, 5.41) is 0. The van der Waals surface area contributed by atoms with Crippen LogP contribution in [0.4, 0.5) is 5.69 Å². The predicted molar refractivity (Wildman–Crippen MR) is 67.6 cm³/mol. The number of hydrogen-bond acceptors (Lipinski definition) is 3. The van der Waals surface area contributed by atoms with Crippen molar-refractivity contribution in [3.8, 4) is 11.6 Å². The second-order valence-electron chi connectivity index (χ2n) is 3.42. The molecule has 2 aromatic rings. The number of hydrogen-bond donors (Lipinski definition) is 1. The fourth-order valence-corrected chi connectivity index (χ4v) is 1.67. The normalized spacial score (nSPS) is 10.1. The minimum atomic E-state index is 0.551. The first-order valence-electron chi connectivity index (χ1n) is 4.81. The van der Waals surface area contributed by atoms with Gasteiger partial charge < -0.3 is 10.5 Å². The molecule has 0 fully saturated rings. The fourth-order valence-electron chi connectivity index (χ4n) is 1.34. The maximum atomic E-state index is 5.68. The summed E-state index contributed by atoms with van der Waals surface area (Å²) in [6.07, 6.45) is 1.69. The average molecular weight is 279 g/mol. The highest BCUT2D eigenvalue weighted by molar-refractivity contribution is 9.10. The summed E-state index contributed by atoms with van der Waals surface area (Å²) in [5.74, 6) is 1.31. The molecule has 4 heteroatoms. The van der Waals surface area contributed by atoms with Crippen molar-refractivity contribution in [2.75, 3.05) is 5.73 Å². The molecule has 3 nitrogen and oxygen atoms in total. The number of aryl methyl sites for hydroxylation is 1. The van der Waals surface area contributed by atoms with Gasteiger partial charge >= 0.3 is 0 Å². The summed E-state index contributed by atoms with van der Waals surface area (Å²) in [4.78, 5) is 4.14. The third kappa shape index (κ3) is 2.33. The van der Waals surface area contributed by atoms with Crippen LogP contribution in [0.25, 0.3) is 0 Å². The molecular formula is C12H11BrN2O. The average Bonchev–Trinajstić information content (AvgIpc) is 2.25. The highest BCUT2D eigenvalue weighted by Gasteiger charge is 2.05. The molecule has 0 aliphatic rings. The zero-order valence-corrected chi connectivity index (χ0v) is 10.4. The maximum Gasteiger partial charge on any atom is 0.233 e. The molecule has 0 saturated heterocycles. The van der Waals surface area contributed by atoms with E-state index in [1.807, 2.05) is 31.2 Å². The van der Waals surface area contributed by atoms with E-state index in [9.17, 15) is 0 Å². The number of ether oxygens (including phenoxy) is 1. The van der Waals surface area contributed by atoms with Crippen molar-refractivity contribution >= 4 is 21.6 Å². The van der Waals surface area contributed by atoms with Crippen LogP contribution in [-0.2, 0) is 0 Å². The van der Waals surface area contributed by atoms with Crippen LogP contribution in [0.3, 0.4) is 0 Å². The van der Waals surface area contributed by atoms with Crippen molar-refractivity contribution in [1.82, 2.24) is 4.98 Å². The molecule has 2 N–H and O–H groups in total. The van der Waals surface area contributed by atoms with Crippen LogP contribution in [0.5, 0.6) is 11.6 Å². The molecule has 1 heterocycles. The molecule has 1 aromatic heterocycles. The second-order valence-corrected chi connectivity index (χ2v) is 4.27. The summed E-state index contributed by atoms with van der Waals surface area (Å²) in [7, 11) is 0. The third-order valence-electron chi connectivity index (χ3n) is 2.13. The van der Waals surface area contributed by atoms with Gasteiger partial charge in [-0.2, -0.15) is 0 Å². The van der Waals surface area contributed by atoms with Crippen LogP contribution in [0.15, 0.2) is 41.0 Å². The smallest absolute Gasteiger partial charge is 0.233 e. The highest BCUT2D eigenvalue weighted by Crippen LogP contribution is 2.29. The van der Waals surface area contributed by atoms with Crippen molar-refractivity contribution < 1.29 is 4.74 Å². The van der Waals surface area contributed by atoms with Gasteiger partial charge in [0.05, 0.1) is 4.47 Å². The lowest BCUT2D eigenvalue weighted by molar-refractivity contribution is 0.456. The SMILES string of the molecule is Cc1cc(N)ccc1Oc1ncccc1Br. The van der Waals surface area contributed by atoms with E-state index in [2.05, 4.69) is 20.9 Å². The molecule has 0 saturated carbocycles. The number of halogens is 1. The van der Waals surface area contributed by atoms with Crippen LogP contribution in [0.2, 0.25) is 0 Å². The van der Waals surface area contributed by atoms with E-state index in [1.165, 1.54) is 0 Å². The molecule has 0 aliphatic carbocycles. The van der Waals surface area contributed by atoms with Gasteiger partial charge in [0.2, 0.25) is 5.88 Å². The van der Waals surface area contributed by atoms with Crippen LogP contribution >= 0.6 is 15.9 Å². The van der Waals surface area contributed by atoms with Gasteiger partial charge in [0.15, 0.2) is 0 Å². The molecular weight excluding hydrogens is 268 g/mol. The van der Waals surface area contributed by atoms with Gasteiger partial charge in [0.25, 0.3) is 0 Å². The Morgan fingerprint density at radius 3 is 2.81 bits per heavy atom. The largest absolute Gasteiger partial charge is 0.438 e. The molecule has 0 radical (unpaired) electrons. The number of nitrogen functional groups attached to an aromatic ring is 1. The first kappa shape index (κ1) is 11.0. The molecule has 0 amide bonds. The number of pyridine rings is 1. The van der Waals surface area contributed by atoms with Gasteiger partial charge in [-0.15, -0.1) is 0 Å².